The summed E-state index contributed by atoms with van der Waals surface area (Å²) >= 11 is 0. The summed E-state index contributed by atoms with van der Waals surface area (Å²) in [5.41, 5.74) is 5.27. The maximum Gasteiger partial charge on any atom is 0.148 e. The number of nitrogens with zero attached hydrogens (tertiary/aromatic N) is 1. The summed E-state index contributed by atoms with van der Waals surface area (Å²) in [6, 6.07) is -0.00681. The third kappa shape index (κ3) is 7.81. The number of hydrogen-bond acceptors (Lipinski definition) is 5. The second-order valence-corrected chi connectivity index (χ2v) is 5.54. The smallest absolute Gasteiger partial charge is 0.148 e. The first kappa shape index (κ1) is 13.2. The second-order valence-electron chi connectivity index (χ2n) is 3.28. The molecule has 0 saturated heterocycles. The summed E-state index contributed by atoms with van der Waals surface area (Å²) in [7, 11) is -2.93. The summed E-state index contributed by atoms with van der Waals surface area (Å²) in [5, 5.41) is 14.1. The van der Waals surface area contributed by atoms with Crippen molar-refractivity contribution in [1.29, 1.82) is 0 Å². The molecule has 0 saturated carbocycles. The molecule has 84 valence electrons. The highest BCUT2D eigenvalue weighted by molar-refractivity contribution is 7.90. The van der Waals surface area contributed by atoms with Crippen LogP contribution in [0.25, 0.3) is 0 Å². The van der Waals surface area contributed by atoms with Crippen molar-refractivity contribution in [3.8, 4) is 0 Å². The highest BCUT2D eigenvalue weighted by Crippen LogP contribution is 1.90. The second kappa shape index (κ2) is 5.82. The highest BCUT2D eigenvalue weighted by atomic mass is 32.2. The third-order valence-corrected chi connectivity index (χ3v) is 2.56. The van der Waals surface area contributed by atoms with Gasteiger partial charge < -0.3 is 16.3 Å². The first-order valence-corrected chi connectivity index (χ1v) is 6.28. The van der Waals surface area contributed by atoms with Gasteiger partial charge in [0, 0.05) is 25.3 Å². The topological polar surface area (TPSA) is 105 Å². The van der Waals surface area contributed by atoms with Gasteiger partial charge in [-0.05, 0) is 6.92 Å². The van der Waals surface area contributed by atoms with Gasteiger partial charge in [-0.3, -0.25) is 0 Å². The number of nitrogens with two attached hydrogens (primary N) is 1. The summed E-state index contributed by atoms with van der Waals surface area (Å²) < 4.78 is 21.5. The van der Waals surface area contributed by atoms with Crippen molar-refractivity contribution in [2.24, 2.45) is 10.9 Å². The van der Waals surface area contributed by atoms with E-state index >= 15 is 0 Å². The molecule has 0 aromatic carbocycles. The van der Waals surface area contributed by atoms with E-state index in [9.17, 15) is 8.42 Å². The number of oxime groups is 1. The van der Waals surface area contributed by atoms with E-state index in [0.717, 1.165) is 0 Å². The molecule has 0 fully saturated rings. The highest BCUT2D eigenvalue weighted by Gasteiger charge is 2.06. The van der Waals surface area contributed by atoms with E-state index in [0.29, 0.717) is 13.0 Å². The maximum atomic E-state index is 10.8. The molecular formula is C7H17N3O3S. The lowest BCUT2D eigenvalue weighted by Crippen LogP contribution is -2.34. The zero-order valence-corrected chi connectivity index (χ0v) is 9.21. The Labute approximate surface area is 84.1 Å². The maximum absolute atomic E-state index is 10.8. The third-order valence-electron chi connectivity index (χ3n) is 1.61. The minimum Gasteiger partial charge on any atom is -0.409 e. The van der Waals surface area contributed by atoms with Crippen LogP contribution in [0.4, 0.5) is 0 Å². The van der Waals surface area contributed by atoms with Crippen molar-refractivity contribution in [2.45, 2.75) is 19.4 Å². The van der Waals surface area contributed by atoms with E-state index in [1.54, 1.807) is 0 Å². The largest absolute Gasteiger partial charge is 0.409 e. The molecular weight excluding hydrogens is 206 g/mol. The van der Waals surface area contributed by atoms with Crippen LogP contribution in [0.15, 0.2) is 5.16 Å². The summed E-state index contributed by atoms with van der Waals surface area (Å²) in [6.07, 6.45) is 1.57. The molecule has 0 radical (unpaired) electrons. The minimum absolute atomic E-state index is 0.00681. The molecule has 4 N–H and O–H groups in total. The van der Waals surface area contributed by atoms with E-state index in [1.807, 2.05) is 6.92 Å². The fourth-order valence-corrected chi connectivity index (χ4v) is 1.41. The Morgan fingerprint density at radius 1 is 1.64 bits per heavy atom. The Balaban J connectivity index is 3.70. The number of sulfone groups is 1. The number of amidine groups is 1. The van der Waals surface area contributed by atoms with Gasteiger partial charge in [-0.2, -0.15) is 0 Å². The Hall–Kier alpha value is -0.820. The van der Waals surface area contributed by atoms with Gasteiger partial charge in [0.25, 0.3) is 0 Å². The fraction of sp³-hybridized carbons (Fsp3) is 0.857. The van der Waals surface area contributed by atoms with Crippen LogP contribution in [0.1, 0.15) is 13.3 Å². The Kier molecular flexibility index (Phi) is 5.47. The molecule has 14 heavy (non-hydrogen) atoms. The molecule has 0 heterocycles. The quantitative estimate of drug-likeness (QED) is 0.235. The molecule has 0 bridgehead atoms. The molecule has 0 aromatic rings. The van der Waals surface area contributed by atoms with Crippen molar-refractivity contribution in [3.05, 3.63) is 0 Å². The number of hydrogen-bond donors (Lipinski definition) is 3. The van der Waals surface area contributed by atoms with Gasteiger partial charge in [-0.25, -0.2) is 8.42 Å². The van der Waals surface area contributed by atoms with Gasteiger partial charge in [0.05, 0.1) is 5.75 Å². The molecule has 0 rings (SSSR count). The predicted octanol–water partition coefficient (Wildman–Crippen LogP) is -0.854. The van der Waals surface area contributed by atoms with Gasteiger partial charge in [-0.1, -0.05) is 5.16 Å². The van der Waals surface area contributed by atoms with Crippen LogP contribution in [-0.2, 0) is 9.84 Å². The van der Waals surface area contributed by atoms with Gasteiger partial charge in [0.1, 0.15) is 15.7 Å². The molecule has 6 nitrogen and oxygen atoms in total. The van der Waals surface area contributed by atoms with Crippen LogP contribution in [0, 0.1) is 0 Å². The van der Waals surface area contributed by atoms with Crippen molar-refractivity contribution < 1.29 is 13.6 Å². The zero-order valence-electron chi connectivity index (χ0n) is 8.40. The fourth-order valence-electron chi connectivity index (χ4n) is 0.917. The van der Waals surface area contributed by atoms with E-state index in [4.69, 9.17) is 10.9 Å². The van der Waals surface area contributed by atoms with Crippen LogP contribution < -0.4 is 11.1 Å². The zero-order chi connectivity index (χ0) is 11.2. The van der Waals surface area contributed by atoms with E-state index in [1.165, 1.54) is 6.26 Å². The molecule has 0 amide bonds. The van der Waals surface area contributed by atoms with Crippen molar-refractivity contribution in [1.82, 2.24) is 5.32 Å². The van der Waals surface area contributed by atoms with Crippen LogP contribution >= 0.6 is 0 Å². The molecule has 0 aliphatic rings. The first-order chi connectivity index (χ1) is 6.35. The Bertz CT molecular complexity index is 287. The number of rotatable bonds is 6. The van der Waals surface area contributed by atoms with E-state index < -0.39 is 9.84 Å². The van der Waals surface area contributed by atoms with Gasteiger partial charge >= 0.3 is 0 Å². The Morgan fingerprint density at radius 2 is 2.21 bits per heavy atom. The Morgan fingerprint density at radius 3 is 2.64 bits per heavy atom. The molecule has 1 unspecified atom stereocenters. The van der Waals surface area contributed by atoms with Crippen LogP contribution in [-0.4, -0.2) is 44.1 Å². The lowest BCUT2D eigenvalue weighted by atomic mass is 10.2. The van der Waals surface area contributed by atoms with E-state index in [-0.39, 0.29) is 17.6 Å². The van der Waals surface area contributed by atoms with Crippen molar-refractivity contribution in [2.75, 3.05) is 18.6 Å². The molecule has 0 aliphatic heterocycles. The van der Waals surface area contributed by atoms with Crippen LogP contribution in [0.5, 0.6) is 0 Å². The minimum atomic E-state index is -2.93. The lowest BCUT2D eigenvalue weighted by Gasteiger charge is -2.11. The molecule has 1 atom stereocenters. The average molecular weight is 223 g/mol. The monoisotopic (exact) mass is 223 g/mol. The normalized spacial score (nSPS) is 15.4. The first-order valence-electron chi connectivity index (χ1n) is 4.22. The molecule has 0 aromatic heterocycles. The van der Waals surface area contributed by atoms with Crippen molar-refractivity contribution in [3.63, 3.8) is 0 Å². The standard InChI is InChI=1S/C7H17N3O3S/c1-6(5-7(8)10-11)9-3-4-14(2,12)13/h6,9,11H,3-5H2,1-2H3,(H2,8,10). The number of nitrogens with one attached hydrogen (secondary N) is 1. The van der Waals surface area contributed by atoms with E-state index in [2.05, 4.69) is 10.5 Å². The molecule has 7 heteroatoms. The van der Waals surface area contributed by atoms with Crippen molar-refractivity contribution >= 4 is 15.7 Å². The predicted molar refractivity (Wildman–Crippen MR) is 55.2 cm³/mol. The summed E-state index contributed by atoms with van der Waals surface area (Å²) in [4.78, 5) is 0. The lowest BCUT2D eigenvalue weighted by molar-refractivity contribution is 0.316. The van der Waals surface area contributed by atoms with Crippen LogP contribution in [0.3, 0.4) is 0 Å². The summed E-state index contributed by atoms with van der Waals surface area (Å²) in [5.74, 6) is 0.220. The molecule has 0 spiro atoms. The SMILES string of the molecule is CC(CC(N)=NO)NCCS(C)(=O)=O. The molecule has 0 aliphatic carbocycles. The van der Waals surface area contributed by atoms with Crippen LogP contribution in [0.2, 0.25) is 0 Å². The van der Waals surface area contributed by atoms with Gasteiger partial charge in [-0.15, -0.1) is 0 Å². The summed E-state index contributed by atoms with van der Waals surface area (Å²) in [6.45, 7) is 2.21. The average Bonchev–Trinajstić information content (AvgIpc) is 2.01. The van der Waals surface area contributed by atoms with Gasteiger partial charge in [0.15, 0.2) is 0 Å². The van der Waals surface area contributed by atoms with Gasteiger partial charge in [0.2, 0.25) is 0 Å².